The summed E-state index contributed by atoms with van der Waals surface area (Å²) < 4.78 is 0. The third-order valence-electron chi connectivity index (χ3n) is 3.54. The highest BCUT2D eigenvalue weighted by Gasteiger charge is 2.31. The van der Waals surface area contributed by atoms with E-state index in [4.69, 9.17) is 0 Å². The maximum atomic E-state index is 11.6. The van der Waals surface area contributed by atoms with Gasteiger partial charge < -0.3 is 10.6 Å². The number of nitrogens with one attached hydrogen (secondary N) is 2. The molecule has 0 saturated heterocycles. The van der Waals surface area contributed by atoms with Crippen molar-refractivity contribution in [2.75, 3.05) is 13.1 Å². The summed E-state index contributed by atoms with van der Waals surface area (Å²) in [5.41, 5.74) is 1.35. The summed E-state index contributed by atoms with van der Waals surface area (Å²) in [5, 5.41) is 6.46. The highest BCUT2D eigenvalue weighted by atomic mass is 16.1. The van der Waals surface area contributed by atoms with E-state index in [0.717, 1.165) is 25.4 Å². The molecule has 1 amide bonds. The molecule has 0 aliphatic heterocycles. The van der Waals surface area contributed by atoms with E-state index in [2.05, 4.69) is 41.8 Å². The molecule has 0 bridgehead atoms. The fourth-order valence-electron chi connectivity index (χ4n) is 2.34. The zero-order chi connectivity index (χ0) is 13.5. The van der Waals surface area contributed by atoms with Gasteiger partial charge in [0.05, 0.1) is 0 Å². The van der Waals surface area contributed by atoms with Crippen LogP contribution in [0.25, 0.3) is 0 Å². The predicted molar refractivity (Wildman–Crippen MR) is 77.8 cm³/mol. The van der Waals surface area contributed by atoms with Crippen LogP contribution in [0.1, 0.15) is 44.2 Å². The van der Waals surface area contributed by atoms with Crippen LogP contribution in [0.15, 0.2) is 30.3 Å². The van der Waals surface area contributed by atoms with Gasteiger partial charge in [-0.2, -0.15) is 0 Å². The summed E-state index contributed by atoms with van der Waals surface area (Å²) in [6.07, 6.45) is 4.16. The molecule has 1 aliphatic rings. The molecule has 1 aromatic rings. The van der Waals surface area contributed by atoms with E-state index in [1.54, 1.807) is 0 Å². The number of benzene rings is 1. The Morgan fingerprint density at radius 2 is 2.00 bits per heavy atom. The molecule has 0 radical (unpaired) electrons. The third kappa shape index (κ3) is 4.67. The lowest BCUT2D eigenvalue weighted by Gasteiger charge is -2.18. The van der Waals surface area contributed by atoms with Crippen molar-refractivity contribution in [1.82, 2.24) is 10.6 Å². The number of amides is 1. The van der Waals surface area contributed by atoms with Gasteiger partial charge in [-0.15, -0.1) is 0 Å². The number of carbonyl (C=O) groups is 1. The SMILES string of the molecule is CCCNC(=O)CCNC(c1ccccc1)C1CC1. The van der Waals surface area contributed by atoms with Gasteiger partial charge in [-0.3, -0.25) is 4.79 Å². The Morgan fingerprint density at radius 1 is 1.26 bits per heavy atom. The third-order valence-corrected chi connectivity index (χ3v) is 3.54. The second kappa shape index (κ2) is 7.29. The van der Waals surface area contributed by atoms with Crippen LogP contribution in [-0.4, -0.2) is 19.0 Å². The number of rotatable bonds is 8. The predicted octanol–water partition coefficient (Wildman–Crippen LogP) is 2.64. The molecule has 1 fully saturated rings. The molecular weight excluding hydrogens is 236 g/mol. The minimum absolute atomic E-state index is 0.150. The lowest BCUT2D eigenvalue weighted by Crippen LogP contribution is -2.30. The molecular formula is C16H24N2O. The van der Waals surface area contributed by atoms with Gasteiger partial charge in [0.15, 0.2) is 0 Å². The van der Waals surface area contributed by atoms with Gasteiger partial charge >= 0.3 is 0 Å². The summed E-state index contributed by atoms with van der Waals surface area (Å²) in [6, 6.07) is 11.0. The molecule has 2 N–H and O–H groups in total. The van der Waals surface area contributed by atoms with Crippen molar-refractivity contribution in [3.05, 3.63) is 35.9 Å². The molecule has 0 aromatic heterocycles. The summed E-state index contributed by atoms with van der Waals surface area (Å²) >= 11 is 0. The number of hydrogen-bond acceptors (Lipinski definition) is 2. The van der Waals surface area contributed by atoms with Crippen molar-refractivity contribution in [2.24, 2.45) is 5.92 Å². The highest BCUT2D eigenvalue weighted by molar-refractivity contribution is 5.75. The molecule has 104 valence electrons. The van der Waals surface area contributed by atoms with Crippen molar-refractivity contribution in [2.45, 2.75) is 38.6 Å². The molecule has 2 rings (SSSR count). The van der Waals surface area contributed by atoms with Crippen LogP contribution in [-0.2, 0) is 4.79 Å². The van der Waals surface area contributed by atoms with E-state index < -0.39 is 0 Å². The van der Waals surface area contributed by atoms with Gasteiger partial charge in [-0.1, -0.05) is 37.3 Å². The fraction of sp³-hybridized carbons (Fsp3) is 0.562. The molecule has 1 atom stereocenters. The topological polar surface area (TPSA) is 41.1 Å². The van der Waals surface area contributed by atoms with Gasteiger partial charge in [-0.05, 0) is 30.7 Å². The van der Waals surface area contributed by atoms with Crippen LogP contribution in [0, 0.1) is 5.92 Å². The van der Waals surface area contributed by atoms with E-state index in [0.29, 0.717) is 12.5 Å². The highest BCUT2D eigenvalue weighted by Crippen LogP contribution is 2.40. The van der Waals surface area contributed by atoms with Crippen LogP contribution < -0.4 is 10.6 Å². The second-order valence-electron chi connectivity index (χ2n) is 5.28. The van der Waals surface area contributed by atoms with E-state index in [1.807, 2.05) is 6.07 Å². The summed E-state index contributed by atoms with van der Waals surface area (Å²) in [5.74, 6) is 0.901. The molecule has 1 aromatic carbocycles. The van der Waals surface area contributed by atoms with E-state index in [1.165, 1.54) is 18.4 Å². The second-order valence-corrected chi connectivity index (χ2v) is 5.28. The molecule has 3 nitrogen and oxygen atoms in total. The molecule has 1 saturated carbocycles. The first-order valence-corrected chi connectivity index (χ1v) is 7.36. The van der Waals surface area contributed by atoms with Crippen LogP contribution in [0.3, 0.4) is 0 Å². The first-order valence-electron chi connectivity index (χ1n) is 7.36. The first-order chi connectivity index (χ1) is 9.31. The van der Waals surface area contributed by atoms with Crippen LogP contribution in [0.4, 0.5) is 0 Å². The van der Waals surface area contributed by atoms with Crippen molar-refractivity contribution in [3.63, 3.8) is 0 Å². The Bertz CT molecular complexity index is 387. The standard InChI is InChI=1S/C16H24N2O/c1-2-11-17-15(19)10-12-18-16(14-8-9-14)13-6-4-3-5-7-13/h3-7,14,16,18H,2,8-12H2,1H3,(H,17,19). The van der Waals surface area contributed by atoms with Crippen molar-refractivity contribution in [3.8, 4) is 0 Å². The number of carbonyl (C=O) groups excluding carboxylic acids is 1. The molecule has 19 heavy (non-hydrogen) atoms. The Balaban J connectivity index is 1.77. The summed E-state index contributed by atoms with van der Waals surface area (Å²) in [6.45, 7) is 3.60. The van der Waals surface area contributed by atoms with E-state index >= 15 is 0 Å². The monoisotopic (exact) mass is 260 g/mol. The smallest absolute Gasteiger partial charge is 0.221 e. The lowest BCUT2D eigenvalue weighted by molar-refractivity contribution is -0.121. The van der Waals surface area contributed by atoms with Crippen LogP contribution >= 0.6 is 0 Å². The average Bonchev–Trinajstić information content (AvgIpc) is 3.27. The average molecular weight is 260 g/mol. The Hall–Kier alpha value is -1.35. The van der Waals surface area contributed by atoms with Gasteiger partial charge in [0.2, 0.25) is 5.91 Å². The molecule has 1 unspecified atom stereocenters. The quantitative estimate of drug-likeness (QED) is 0.754. The summed E-state index contributed by atoms with van der Waals surface area (Å²) in [4.78, 5) is 11.6. The minimum atomic E-state index is 0.150. The van der Waals surface area contributed by atoms with Gasteiger partial charge in [0.25, 0.3) is 0 Å². The van der Waals surface area contributed by atoms with Crippen LogP contribution in [0.2, 0.25) is 0 Å². The molecule has 1 aliphatic carbocycles. The van der Waals surface area contributed by atoms with Gasteiger partial charge in [-0.25, -0.2) is 0 Å². The molecule has 3 heteroatoms. The normalized spacial score (nSPS) is 16.1. The fourth-order valence-corrected chi connectivity index (χ4v) is 2.34. The maximum absolute atomic E-state index is 11.6. The zero-order valence-electron chi connectivity index (χ0n) is 11.7. The van der Waals surface area contributed by atoms with E-state index in [-0.39, 0.29) is 5.91 Å². The minimum Gasteiger partial charge on any atom is -0.356 e. The van der Waals surface area contributed by atoms with E-state index in [9.17, 15) is 4.79 Å². The van der Waals surface area contributed by atoms with Crippen LogP contribution in [0.5, 0.6) is 0 Å². The van der Waals surface area contributed by atoms with Gasteiger partial charge in [0, 0.05) is 25.6 Å². The molecule has 0 heterocycles. The van der Waals surface area contributed by atoms with Gasteiger partial charge in [0.1, 0.15) is 0 Å². The maximum Gasteiger partial charge on any atom is 0.221 e. The Labute approximate surface area is 115 Å². The summed E-state index contributed by atoms with van der Waals surface area (Å²) in [7, 11) is 0. The largest absolute Gasteiger partial charge is 0.356 e. The number of hydrogen-bond donors (Lipinski definition) is 2. The van der Waals surface area contributed by atoms with Crippen molar-refractivity contribution < 1.29 is 4.79 Å². The first kappa shape index (κ1) is 14.1. The Kier molecular flexibility index (Phi) is 5.40. The van der Waals surface area contributed by atoms with Crippen molar-refractivity contribution in [1.29, 1.82) is 0 Å². The molecule has 0 spiro atoms. The zero-order valence-corrected chi connectivity index (χ0v) is 11.7. The van der Waals surface area contributed by atoms with Crippen molar-refractivity contribution >= 4 is 5.91 Å². The lowest BCUT2D eigenvalue weighted by atomic mass is 10.0. The Morgan fingerprint density at radius 3 is 2.63 bits per heavy atom.